The quantitative estimate of drug-likeness (QED) is 0.559. The Bertz CT molecular complexity index is 1130. The third kappa shape index (κ3) is 5.56. The van der Waals surface area contributed by atoms with Gasteiger partial charge in [-0.3, -0.25) is 9.78 Å². The Morgan fingerprint density at radius 1 is 1.00 bits per heavy atom. The van der Waals surface area contributed by atoms with E-state index in [1.54, 1.807) is 62.6 Å². The monoisotopic (exact) mass is 445 g/mol. The lowest BCUT2D eigenvalue weighted by atomic mass is 10.2. The second-order valence-corrected chi connectivity index (χ2v) is 8.80. The van der Waals surface area contributed by atoms with Crippen molar-refractivity contribution in [2.75, 3.05) is 5.32 Å². The number of carbonyl (C=O) groups excluding carboxylic acids is 1. The molecule has 0 unspecified atom stereocenters. The maximum atomic E-state index is 12.7. The van der Waals surface area contributed by atoms with E-state index in [-0.39, 0.29) is 21.5 Å². The summed E-state index contributed by atoms with van der Waals surface area (Å²) >= 11 is 6.13. The topological polar surface area (TPSA) is 97.4 Å². The van der Waals surface area contributed by atoms with Gasteiger partial charge in [-0.05, 0) is 68.4 Å². The van der Waals surface area contributed by atoms with Gasteiger partial charge in [-0.15, -0.1) is 0 Å². The summed E-state index contributed by atoms with van der Waals surface area (Å²) in [6.07, 6.45) is 3.25. The van der Waals surface area contributed by atoms with E-state index in [2.05, 4.69) is 15.0 Å². The molecule has 1 amide bonds. The molecule has 1 heterocycles. The molecule has 0 bridgehead atoms. The number of pyridine rings is 1. The van der Waals surface area contributed by atoms with E-state index < -0.39 is 15.9 Å². The van der Waals surface area contributed by atoms with Crippen LogP contribution in [0, 0.1) is 0 Å². The van der Waals surface area contributed by atoms with Crippen molar-refractivity contribution in [3.05, 3.63) is 77.6 Å². The third-order valence-corrected chi connectivity index (χ3v) is 5.87. The number of carbonyl (C=O) groups is 1. The Morgan fingerprint density at radius 3 is 2.27 bits per heavy atom. The summed E-state index contributed by atoms with van der Waals surface area (Å²) < 4.78 is 32.9. The van der Waals surface area contributed by atoms with E-state index in [0.717, 1.165) is 0 Å². The van der Waals surface area contributed by atoms with Crippen LogP contribution in [0.25, 0.3) is 0 Å². The summed E-state index contributed by atoms with van der Waals surface area (Å²) in [5, 5.41) is 2.85. The van der Waals surface area contributed by atoms with Crippen LogP contribution in [0.1, 0.15) is 24.2 Å². The highest BCUT2D eigenvalue weighted by molar-refractivity contribution is 7.89. The standard InChI is InChI=1S/C21H20ClN3O4S/c1-14(2)25-30(27,28)18-7-8-20(22)19(13-18)21(26)24-15-3-5-16(6-4-15)29-17-9-11-23-12-10-17/h3-14,25H,1-2H3,(H,24,26). The lowest BCUT2D eigenvalue weighted by molar-refractivity contribution is 0.102. The van der Waals surface area contributed by atoms with Gasteiger partial charge in [-0.1, -0.05) is 11.6 Å². The van der Waals surface area contributed by atoms with Gasteiger partial charge in [0.25, 0.3) is 5.91 Å². The number of sulfonamides is 1. The highest BCUT2D eigenvalue weighted by Crippen LogP contribution is 2.24. The molecule has 0 radical (unpaired) electrons. The average molecular weight is 446 g/mol. The molecule has 9 heteroatoms. The Balaban J connectivity index is 1.75. The largest absolute Gasteiger partial charge is 0.457 e. The minimum Gasteiger partial charge on any atom is -0.457 e. The molecule has 0 spiro atoms. The zero-order valence-electron chi connectivity index (χ0n) is 16.3. The molecule has 1 aromatic heterocycles. The van der Waals surface area contributed by atoms with Crippen molar-refractivity contribution in [1.29, 1.82) is 0 Å². The van der Waals surface area contributed by atoms with Crippen LogP contribution in [-0.4, -0.2) is 25.4 Å². The first kappa shape index (κ1) is 21.8. The van der Waals surface area contributed by atoms with Crippen LogP contribution in [0.15, 0.2) is 71.9 Å². The van der Waals surface area contributed by atoms with Crippen molar-refractivity contribution < 1.29 is 17.9 Å². The van der Waals surface area contributed by atoms with Crippen molar-refractivity contribution in [2.45, 2.75) is 24.8 Å². The number of benzene rings is 2. The molecule has 2 N–H and O–H groups in total. The maximum Gasteiger partial charge on any atom is 0.257 e. The van der Waals surface area contributed by atoms with E-state index in [4.69, 9.17) is 16.3 Å². The molecule has 0 atom stereocenters. The van der Waals surface area contributed by atoms with Crippen LogP contribution in [0.4, 0.5) is 5.69 Å². The van der Waals surface area contributed by atoms with Crippen molar-refractivity contribution in [2.24, 2.45) is 0 Å². The molecule has 0 saturated carbocycles. The molecule has 3 aromatic rings. The lowest BCUT2D eigenvalue weighted by Gasteiger charge is -2.12. The molecule has 7 nitrogen and oxygen atoms in total. The van der Waals surface area contributed by atoms with Gasteiger partial charge in [0, 0.05) is 24.1 Å². The lowest BCUT2D eigenvalue weighted by Crippen LogP contribution is -2.30. The summed E-state index contributed by atoms with van der Waals surface area (Å²) in [6, 6.07) is 13.9. The van der Waals surface area contributed by atoms with Gasteiger partial charge in [0.2, 0.25) is 10.0 Å². The van der Waals surface area contributed by atoms with Crippen molar-refractivity contribution >= 4 is 33.2 Å². The summed E-state index contributed by atoms with van der Waals surface area (Å²) in [5.41, 5.74) is 0.562. The first-order chi connectivity index (χ1) is 14.2. The minimum absolute atomic E-state index is 0.0353. The predicted molar refractivity (Wildman–Crippen MR) is 116 cm³/mol. The fourth-order valence-corrected chi connectivity index (χ4v) is 4.05. The number of nitrogens with one attached hydrogen (secondary N) is 2. The van der Waals surface area contributed by atoms with Crippen molar-refractivity contribution in [1.82, 2.24) is 9.71 Å². The fraction of sp³-hybridized carbons (Fsp3) is 0.143. The van der Waals surface area contributed by atoms with Crippen LogP contribution in [0.5, 0.6) is 11.5 Å². The van der Waals surface area contributed by atoms with Gasteiger partial charge in [-0.2, -0.15) is 0 Å². The van der Waals surface area contributed by atoms with Gasteiger partial charge in [0.15, 0.2) is 0 Å². The van der Waals surface area contributed by atoms with Gasteiger partial charge in [0.05, 0.1) is 15.5 Å². The minimum atomic E-state index is -3.75. The van der Waals surface area contributed by atoms with Gasteiger partial charge in [-0.25, -0.2) is 13.1 Å². The summed E-state index contributed by atoms with van der Waals surface area (Å²) in [7, 11) is -3.75. The molecule has 0 fully saturated rings. The molecular weight excluding hydrogens is 426 g/mol. The van der Waals surface area contributed by atoms with E-state index in [1.807, 2.05) is 0 Å². The first-order valence-corrected chi connectivity index (χ1v) is 10.9. The van der Waals surface area contributed by atoms with E-state index >= 15 is 0 Å². The summed E-state index contributed by atoms with van der Waals surface area (Å²) in [6.45, 7) is 3.42. The summed E-state index contributed by atoms with van der Waals surface area (Å²) in [4.78, 5) is 16.6. The van der Waals surface area contributed by atoms with Crippen LogP contribution in [0.2, 0.25) is 5.02 Å². The van der Waals surface area contributed by atoms with Crippen LogP contribution in [-0.2, 0) is 10.0 Å². The maximum absolute atomic E-state index is 12.7. The SMILES string of the molecule is CC(C)NS(=O)(=O)c1ccc(Cl)c(C(=O)Nc2ccc(Oc3ccncc3)cc2)c1. The predicted octanol–water partition coefficient (Wildman–Crippen LogP) is 4.47. The summed E-state index contributed by atoms with van der Waals surface area (Å²) in [5.74, 6) is 0.705. The van der Waals surface area contributed by atoms with E-state index in [1.165, 1.54) is 18.2 Å². The van der Waals surface area contributed by atoms with E-state index in [0.29, 0.717) is 17.2 Å². The molecule has 0 aliphatic carbocycles. The van der Waals surface area contributed by atoms with Crippen LogP contribution < -0.4 is 14.8 Å². The van der Waals surface area contributed by atoms with Crippen LogP contribution >= 0.6 is 11.6 Å². The molecule has 2 aromatic carbocycles. The van der Waals surface area contributed by atoms with E-state index in [9.17, 15) is 13.2 Å². The Morgan fingerprint density at radius 2 is 1.63 bits per heavy atom. The zero-order valence-corrected chi connectivity index (χ0v) is 17.9. The number of ether oxygens (including phenoxy) is 1. The molecule has 156 valence electrons. The number of rotatable bonds is 7. The normalized spacial score (nSPS) is 11.3. The smallest absolute Gasteiger partial charge is 0.257 e. The highest BCUT2D eigenvalue weighted by atomic mass is 35.5. The molecule has 0 aliphatic heterocycles. The van der Waals surface area contributed by atoms with Gasteiger partial charge >= 0.3 is 0 Å². The second-order valence-electron chi connectivity index (χ2n) is 6.68. The number of anilines is 1. The molecule has 0 aliphatic rings. The Kier molecular flexibility index (Phi) is 6.71. The van der Waals surface area contributed by atoms with Crippen molar-refractivity contribution in [3.63, 3.8) is 0 Å². The molecule has 3 rings (SSSR count). The molecule has 30 heavy (non-hydrogen) atoms. The van der Waals surface area contributed by atoms with Gasteiger partial charge in [0.1, 0.15) is 11.5 Å². The average Bonchev–Trinajstić information content (AvgIpc) is 2.69. The number of hydrogen-bond donors (Lipinski definition) is 2. The molecular formula is C21H20ClN3O4S. The van der Waals surface area contributed by atoms with Gasteiger partial charge < -0.3 is 10.1 Å². The first-order valence-electron chi connectivity index (χ1n) is 9.06. The zero-order chi connectivity index (χ0) is 21.7. The Hall–Kier alpha value is -2.94. The second kappa shape index (κ2) is 9.25. The third-order valence-electron chi connectivity index (χ3n) is 3.88. The highest BCUT2D eigenvalue weighted by Gasteiger charge is 2.19. The number of aromatic nitrogens is 1. The Labute approximate surface area is 180 Å². The molecule has 0 saturated heterocycles. The number of amides is 1. The number of nitrogens with zero attached hydrogens (tertiary/aromatic N) is 1. The van der Waals surface area contributed by atoms with Crippen molar-refractivity contribution in [3.8, 4) is 11.5 Å². The number of hydrogen-bond acceptors (Lipinski definition) is 5. The number of halogens is 1. The van der Waals surface area contributed by atoms with Crippen LogP contribution in [0.3, 0.4) is 0 Å². The fourth-order valence-electron chi connectivity index (χ4n) is 2.57.